The van der Waals surface area contributed by atoms with Crippen molar-refractivity contribution < 1.29 is 13.2 Å². The van der Waals surface area contributed by atoms with Crippen LogP contribution in [0.2, 0.25) is 0 Å². The Kier molecular flexibility index (Phi) is 3.60. The molecule has 7 nitrogen and oxygen atoms in total. The molecule has 0 spiro atoms. The van der Waals surface area contributed by atoms with Crippen LogP contribution < -0.4 is 9.46 Å². The molecule has 1 aromatic carbocycles. The zero-order valence-corrected chi connectivity index (χ0v) is 9.52. The third-order valence-corrected chi connectivity index (χ3v) is 2.23. The Morgan fingerprint density at radius 3 is 2.69 bits per heavy atom. The maximum Gasteiger partial charge on any atom is 0.229 e. The minimum absolute atomic E-state index is 0.231. The Morgan fingerprint density at radius 1 is 1.50 bits per heavy atom. The molecule has 0 unspecified atom stereocenters. The van der Waals surface area contributed by atoms with E-state index in [1.165, 1.54) is 25.3 Å². The lowest BCUT2D eigenvalue weighted by Crippen LogP contribution is -2.10. The van der Waals surface area contributed by atoms with Crippen molar-refractivity contribution in [3.63, 3.8) is 0 Å². The second-order valence-corrected chi connectivity index (χ2v) is 4.70. The normalized spacial score (nSPS) is 10.4. The molecule has 86 valence electrons. The van der Waals surface area contributed by atoms with Crippen molar-refractivity contribution in [3.05, 3.63) is 28.6 Å². The summed E-state index contributed by atoms with van der Waals surface area (Å²) in [5.74, 6) is 0.349. The van der Waals surface area contributed by atoms with Gasteiger partial charge in [-0.25, -0.2) is 8.42 Å². The van der Waals surface area contributed by atoms with E-state index < -0.39 is 10.0 Å². The highest BCUT2D eigenvalue weighted by Gasteiger charge is 2.08. The minimum Gasteiger partial charge on any atom is -0.495 e. The monoisotopic (exact) mass is 242 g/mol. The maximum atomic E-state index is 11.1. The fraction of sp³-hybridized carbons (Fsp3) is 0.250. The van der Waals surface area contributed by atoms with E-state index in [2.05, 4.69) is 14.7 Å². The molecule has 0 fully saturated rings. The second kappa shape index (κ2) is 4.73. The van der Waals surface area contributed by atoms with Crippen molar-refractivity contribution in [2.45, 2.75) is 0 Å². The molecule has 0 aromatic heterocycles. The van der Waals surface area contributed by atoms with Crippen LogP contribution in [-0.4, -0.2) is 21.8 Å². The van der Waals surface area contributed by atoms with Gasteiger partial charge in [0, 0.05) is 10.6 Å². The molecule has 1 N–H and O–H groups in total. The van der Waals surface area contributed by atoms with Crippen LogP contribution in [0, 0.1) is 0 Å². The zero-order valence-electron chi connectivity index (χ0n) is 8.71. The summed E-state index contributed by atoms with van der Waals surface area (Å²) in [6, 6.07) is 4.42. The zero-order chi connectivity index (χ0) is 12.2. The molecule has 0 atom stereocenters. The van der Waals surface area contributed by atoms with Crippen LogP contribution in [0.5, 0.6) is 5.75 Å². The number of methoxy groups -OCH3 is 1. The first-order valence-corrected chi connectivity index (χ1v) is 6.06. The summed E-state index contributed by atoms with van der Waals surface area (Å²) in [4.78, 5) is 2.61. The first-order chi connectivity index (χ1) is 7.46. The lowest BCUT2D eigenvalue weighted by Gasteiger charge is -2.09. The van der Waals surface area contributed by atoms with Gasteiger partial charge >= 0.3 is 0 Å². The lowest BCUT2D eigenvalue weighted by molar-refractivity contribution is 0.417. The van der Waals surface area contributed by atoms with Gasteiger partial charge in [0.15, 0.2) is 0 Å². The topological polar surface area (TPSA) is 104 Å². The minimum atomic E-state index is -3.41. The van der Waals surface area contributed by atoms with E-state index in [0.29, 0.717) is 11.4 Å². The number of nitrogens with zero attached hydrogens (tertiary/aromatic N) is 3. The first kappa shape index (κ1) is 12.2. The summed E-state index contributed by atoms with van der Waals surface area (Å²) in [5, 5.41) is 3.36. The van der Waals surface area contributed by atoms with Gasteiger partial charge < -0.3 is 4.74 Å². The molecule has 16 heavy (non-hydrogen) atoms. The van der Waals surface area contributed by atoms with Crippen molar-refractivity contribution >= 4 is 21.4 Å². The smallest absolute Gasteiger partial charge is 0.229 e. The number of azide groups is 1. The van der Waals surface area contributed by atoms with Crippen LogP contribution >= 0.6 is 0 Å². The maximum absolute atomic E-state index is 11.1. The SMILES string of the molecule is COc1ccc(N=[N+]=[N-])cc1NS(C)(=O)=O. The van der Waals surface area contributed by atoms with Gasteiger partial charge in [-0.15, -0.1) is 0 Å². The number of rotatable bonds is 4. The average molecular weight is 242 g/mol. The highest BCUT2D eigenvalue weighted by molar-refractivity contribution is 7.92. The Balaban J connectivity index is 3.21. The first-order valence-electron chi connectivity index (χ1n) is 4.17. The third kappa shape index (κ3) is 3.34. The quantitative estimate of drug-likeness (QED) is 0.496. The summed E-state index contributed by atoms with van der Waals surface area (Å²) in [7, 11) is -1.99. The Bertz CT molecular complexity index is 534. The fourth-order valence-corrected chi connectivity index (χ4v) is 1.65. The summed E-state index contributed by atoms with van der Waals surface area (Å²) in [5.41, 5.74) is 8.79. The molecule has 0 bridgehead atoms. The molecule has 0 aliphatic heterocycles. The van der Waals surface area contributed by atoms with Gasteiger partial charge in [0.25, 0.3) is 0 Å². The van der Waals surface area contributed by atoms with E-state index in [9.17, 15) is 8.42 Å². The summed E-state index contributed by atoms with van der Waals surface area (Å²) in [6.07, 6.45) is 1.02. The van der Waals surface area contributed by atoms with Crippen molar-refractivity contribution in [1.82, 2.24) is 0 Å². The van der Waals surface area contributed by atoms with Gasteiger partial charge in [-0.05, 0) is 23.7 Å². The Hall–Kier alpha value is -1.92. The number of ether oxygens (including phenoxy) is 1. The molecule has 0 radical (unpaired) electrons. The average Bonchev–Trinajstić information content (AvgIpc) is 2.16. The summed E-state index contributed by atoms with van der Waals surface area (Å²) < 4.78 is 29.4. The predicted octanol–water partition coefficient (Wildman–Crippen LogP) is 2.01. The number of sulfonamides is 1. The number of anilines is 1. The van der Waals surface area contributed by atoms with E-state index in [-0.39, 0.29) is 5.69 Å². The highest BCUT2D eigenvalue weighted by Crippen LogP contribution is 2.29. The van der Waals surface area contributed by atoms with Gasteiger partial charge in [-0.3, -0.25) is 4.72 Å². The van der Waals surface area contributed by atoms with Crippen molar-refractivity contribution in [2.24, 2.45) is 5.11 Å². The molecule has 8 heteroatoms. The number of hydrogen-bond donors (Lipinski definition) is 1. The van der Waals surface area contributed by atoms with Crippen LogP contribution in [0.1, 0.15) is 0 Å². The molecule has 0 aliphatic carbocycles. The van der Waals surface area contributed by atoms with Crippen LogP contribution in [0.4, 0.5) is 11.4 Å². The number of hydrogen-bond acceptors (Lipinski definition) is 4. The molecule has 0 saturated heterocycles. The molecule has 0 heterocycles. The number of benzene rings is 1. The van der Waals surface area contributed by atoms with Gasteiger partial charge in [-0.1, -0.05) is 5.11 Å². The van der Waals surface area contributed by atoms with Gasteiger partial charge in [0.2, 0.25) is 10.0 Å². The molecular formula is C8H10N4O3S. The van der Waals surface area contributed by atoms with E-state index in [0.717, 1.165) is 6.26 Å². The molecule has 0 saturated carbocycles. The van der Waals surface area contributed by atoms with E-state index >= 15 is 0 Å². The molecular weight excluding hydrogens is 232 g/mol. The third-order valence-electron chi connectivity index (χ3n) is 1.64. The number of nitrogens with one attached hydrogen (secondary N) is 1. The van der Waals surface area contributed by atoms with Crippen LogP contribution in [0.3, 0.4) is 0 Å². The summed E-state index contributed by atoms with van der Waals surface area (Å²) >= 11 is 0. The second-order valence-electron chi connectivity index (χ2n) is 2.95. The van der Waals surface area contributed by atoms with Crippen molar-refractivity contribution in [3.8, 4) is 5.75 Å². The van der Waals surface area contributed by atoms with Crippen LogP contribution in [0.15, 0.2) is 23.3 Å². The van der Waals surface area contributed by atoms with E-state index in [1.807, 2.05) is 0 Å². The van der Waals surface area contributed by atoms with Crippen molar-refractivity contribution in [2.75, 3.05) is 18.1 Å². The van der Waals surface area contributed by atoms with Gasteiger partial charge in [-0.2, -0.15) is 0 Å². The summed E-state index contributed by atoms with van der Waals surface area (Å²) in [6.45, 7) is 0. The van der Waals surface area contributed by atoms with E-state index in [1.54, 1.807) is 0 Å². The standard InChI is InChI=1S/C8H10N4O3S/c1-15-8-4-3-6(10-12-9)5-7(8)11-16(2,13)14/h3-5,11H,1-2H3. The molecule has 0 amide bonds. The Morgan fingerprint density at radius 2 is 2.19 bits per heavy atom. The highest BCUT2D eigenvalue weighted by atomic mass is 32.2. The van der Waals surface area contributed by atoms with E-state index in [4.69, 9.17) is 10.3 Å². The van der Waals surface area contributed by atoms with Crippen molar-refractivity contribution in [1.29, 1.82) is 0 Å². The molecule has 1 rings (SSSR count). The largest absolute Gasteiger partial charge is 0.495 e. The Labute approximate surface area is 92.7 Å². The van der Waals surface area contributed by atoms with Gasteiger partial charge in [0.1, 0.15) is 5.75 Å². The van der Waals surface area contributed by atoms with Crippen LogP contribution in [-0.2, 0) is 10.0 Å². The van der Waals surface area contributed by atoms with Crippen LogP contribution in [0.25, 0.3) is 10.4 Å². The molecule has 0 aliphatic rings. The molecule has 1 aromatic rings. The fourth-order valence-electron chi connectivity index (χ4n) is 1.09. The lowest BCUT2D eigenvalue weighted by atomic mass is 10.2. The predicted molar refractivity (Wildman–Crippen MR) is 60.3 cm³/mol. The van der Waals surface area contributed by atoms with Gasteiger partial charge in [0.05, 0.1) is 19.1 Å².